The fraction of sp³-hybridized carbons (Fsp3) is 0.300. The van der Waals surface area contributed by atoms with Gasteiger partial charge in [-0.05, 0) is 35.7 Å². The highest BCUT2D eigenvalue weighted by Gasteiger charge is 2.25. The Bertz CT molecular complexity index is 980. The van der Waals surface area contributed by atoms with Gasteiger partial charge in [-0.25, -0.2) is 0 Å². The van der Waals surface area contributed by atoms with Crippen LogP contribution in [0.5, 0.6) is 0 Å². The largest absolute Gasteiger partial charge is 0.339 e. The number of benzene rings is 1. The molecule has 0 saturated carbocycles. The third-order valence-electron chi connectivity index (χ3n) is 4.81. The van der Waals surface area contributed by atoms with Gasteiger partial charge in [0.15, 0.2) is 0 Å². The topological polar surface area (TPSA) is 79.5 Å². The number of aryl methyl sites for hydroxylation is 1. The zero-order valence-corrected chi connectivity index (χ0v) is 17.2. The number of amides is 2. The van der Waals surface area contributed by atoms with Gasteiger partial charge in [0.05, 0.1) is 0 Å². The van der Waals surface area contributed by atoms with Crippen molar-refractivity contribution in [2.24, 2.45) is 0 Å². The smallest absolute Gasteiger partial charge is 0.253 e. The molecule has 1 fully saturated rings. The third-order valence-corrected chi connectivity index (χ3v) is 5.75. The van der Waals surface area contributed by atoms with Crippen LogP contribution >= 0.6 is 22.9 Å². The van der Waals surface area contributed by atoms with E-state index in [1.165, 1.54) is 0 Å². The summed E-state index contributed by atoms with van der Waals surface area (Å²) in [7, 11) is 0. The minimum absolute atomic E-state index is 0.0267. The summed E-state index contributed by atoms with van der Waals surface area (Å²) >= 11 is 7.44. The summed E-state index contributed by atoms with van der Waals surface area (Å²) in [5, 5.41) is 8.45. The van der Waals surface area contributed by atoms with E-state index >= 15 is 0 Å². The molecular formula is C20H19ClN4O3S. The minimum atomic E-state index is -0.0411. The first-order chi connectivity index (χ1) is 14.1. The van der Waals surface area contributed by atoms with E-state index in [9.17, 15) is 9.59 Å². The zero-order valence-electron chi connectivity index (χ0n) is 15.6. The van der Waals surface area contributed by atoms with Gasteiger partial charge in [0.1, 0.15) is 0 Å². The molecule has 4 rings (SSSR count). The van der Waals surface area contributed by atoms with E-state index in [-0.39, 0.29) is 11.8 Å². The Morgan fingerprint density at radius 2 is 1.79 bits per heavy atom. The van der Waals surface area contributed by atoms with E-state index < -0.39 is 0 Å². The number of nitrogens with zero attached hydrogens (tertiary/aromatic N) is 4. The molecule has 0 N–H and O–H groups in total. The summed E-state index contributed by atoms with van der Waals surface area (Å²) in [6.07, 6.45) is 0.705. The average molecular weight is 431 g/mol. The normalized spacial score (nSPS) is 14.2. The van der Waals surface area contributed by atoms with E-state index in [0.717, 1.165) is 5.56 Å². The van der Waals surface area contributed by atoms with Crippen LogP contribution in [-0.2, 0) is 11.2 Å². The van der Waals surface area contributed by atoms with Gasteiger partial charge in [0, 0.05) is 60.6 Å². The van der Waals surface area contributed by atoms with Crippen molar-refractivity contribution in [3.05, 3.63) is 57.6 Å². The van der Waals surface area contributed by atoms with Crippen molar-refractivity contribution in [1.82, 2.24) is 19.9 Å². The maximum atomic E-state index is 12.6. The molecule has 1 aromatic carbocycles. The average Bonchev–Trinajstić information content (AvgIpc) is 3.44. The van der Waals surface area contributed by atoms with Gasteiger partial charge in [-0.2, -0.15) is 16.3 Å². The van der Waals surface area contributed by atoms with Crippen molar-refractivity contribution in [1.29, 1.82) is 0 Å². The first kappa shape index (κ1) is 19.6. The first-order valence-electron chi connectivity index (χ1n) is 9.28. The van der Waals surface area contributed by atoms with Crippen molar-refractivity contribution in [2.75, 3.05) is 26.2 Å². The fourth-order valence-electron chi connectivity index (χ4n) is 3.17. The molecule has 0 atom stereocenters. The lowest BCUT2D eigenvalue weighted by Gasteiger charge is -2.34. The van der Waals surface area contributed by atoms with Gasteiger partial charge < -0.3 is 14.3 Å². The van der Waals surface area contributed by atoms with Crippen LogP contribution < -0.4 is 0 Å². The van der Waals surface area contributed by atoms with Crippen molar-refractivity contribution in [2.45, 2.75) is 12.8 Å². The molecule has 9 heteroatoms. The number of hydrogen-bond acceptors (Lipinski definition) is 6. The summed E-state index contributed by atoms with van der Waals surface area (Å²) < 4.78 is 5.24. The van der Waals surface area contributed by atoms with Crippen LogP contribution in [-0.4, -0.2) is 57.9 Å². The molecule has 3 aromatic rings. The van der Waals surface area contributed by atoms with Crippen LogP contribution in [0.1, 0.15) is 22.7 Å². The molecule has 1 saturated heterocycles. The molecule has 3 heterocycles. The lowest BCUT2D eigenvalue weighted by atomic mass is 10.1. The molecule has 7 nitrogen and oxygen atoms in total. The SMILES string of the molecule is O=C(CCc1nc(-c2ccsc2)no1)N1CCN(C(=O)c2ccc(Cl)cc2)CC1. The highest BCUT2D eigenvalue weighted by Crippen LogP contribution is 2.19. The number of thiophene rings is 1. The van der Waals surface area contributed by atoms with Crippen molar-refractivity contribution in [3.8, 4) is 11.4 Å². The maximum absolute atomic E-state index is 12.6. The summed E-state index contributed by atoms with van der Waals surface area (Å²) in [5.74, 6) is 0.985. The van der Waals surface area contributed by atoms with Crippen LogP contribution in [0.3, 0.4) is 0 Å². The quantitative estimate of drug-likeness (QED) is 0.620. The second-order valence-electron chi connectivity index (χ2n) is 6.70. The number of carbonyl (C=O) groups is 2. The third kappa shape index (κ3) is 4.65. The van der Waals surface area contributed by atoms with E-state index in [1.54, 1.807) is 45.4 Å². The molecule has 0 unspecified atom stereocenters. The van der Waals surface area contributed by atoms with E-state index in [4.69, 9.17) is 16.1 Å². The fourth-order valence-corrected chi connectivity index (χ4v) is 3.93. The Morgan fingerprint density at radius 1 is 1.07 bits per heavy atom. The number of halogens is 1. The molecule has 0 bridgehead atoms. The van der Waals surface area contributed by atoms with Gasteiger partial charge in [-0.3, -0.25) is 9.59 Å². The number of aromatic nitrogens is 2. The van der Waals surface area contributed by atoms with Gasteiger partial charge in [-0.15, -0.1) is 0 Å². The molecule has 1 aliphatic heterocycles. The van der Waals surface area contributed by atoms with Crippen molar-refractivity contribution in [3.63, 3.8) is 0 Å². The Balaban J connectivity index is 1.26. The van der Waals surface area contributed by atoms with E-state index in [1.807, 2.05) is 16.8 Å². The maximum Gasteiger partial charge on any atom is 0.253 e. The number of carbonyl (C=O) groups excluding carboxylic acids is 2. The van der Waals surface area contributed by atoms with Crippen LogP contribution in [0, 0.1) is 0 Å². The number of piperazine rings is 1. The summed E-state index contributed by atoms with van der Waals surface area (Å²) in [5.41, 5.74) is 1.52. The van der Waals surface area contributed by atoms with Gasteiger partial charge in [-0.1, -0.05) is 16.8 Å². The lowest BCUT2D eigenvalue weighted by Crippen LogP contribution is -2.50. The molecule has 29 heavy (non-hydrogen) atoms. The molecule has 2 aromatic heterocycles. The Kier molecular flexibility index (Phi) is 5.92. The number of rotatable bonds is 5. The van der Waals surface area contributed by atoms with E-state index in [0.29, 0.717) is 61.3 Å². The van der Waals surface area contributed by atoms with Gasteiger partial charge in [0.25, 0.3) is 5.91 Å². The van der Waals surface area contributed by atoms with E-state index in [2.05, 4.69) is 10.1 Å². The molecule has 0 aliphatic carbocycles. The Hall–Kier alpha value is -2.71. The first-order valence-corrected chi connectivity index (χ1v) is 10.6. The predicted molar refractivity (Wildman–Crippen MR) is 110 cm³/mol. The van der Waals surface area contributed by atoms with Crippen molar-refractivity contribution >= 4 is 34.8 Å². The molecule has 150 valence electrons. The molecule has 2 amide bonds. The summed E-state index contributed by atoms with van der Waals surface area (Å²) in [6.45, 7) is 2.05. The predicted octanol–water partition coefficient (Wildman–Crippen LogP) is 3.37. The lowest BCUT2D eigenvalue weighted by molar-refractivity contribution is -0.132. The van der Waals surface area contributed by atoms with Crippen LogP contribution in [0.2, 0.25) is 5.02 Å². The molecule has 1 aliphatic rings. The monoisotopic (exact) mass is 430 g/mol. The van der Waals surface area contributed by atoms with Crippen LogP contribution in [0.15, 0.2) is 45.6 Å². The molecule has 0 radical (unpaired) electrons. The Labute approximate surface area is 176 Å². The highest BCUT2D eigenvalue weighted by atomic mass is 35.5. The summed E-state index contributed by atoms with van der Waals surface area (Å²) in [4.78, 5) is 32.9. The second kappa shape index (κ2) is 8.75. The zero-order chi connectivity index (χ0) is 20.2. The highest BCUT2D eigenvalue weighted by molar-refractivity contribution is 7.08. The van der Waals surface area contributed by atoms with Crippen LogP contribution in [0.4, 0.5) is 0 Å². The Morgan fingerprint density at radius 3 is 2.48 bits per heavy atom. The second-order valence-corrected chi connectivity index (χ2v) is 7.92. The van der Waals surface area contributed by atoms with Gasteiger partial charge in [0.2, 0.25) is 17.6 Å². The minimum Gasteiger partial charge on any atom is -0.339 e. The van der Waals surface area contributed by atoms with Crippen LogP contribution in [0.25, 0.3) is 11.4 Å². The summed E-state index contributed by atoms with van der Waals surface area (Å²) in [6, 6.07) is 8.77. The standard InChI is InChI=1S/C20H19ClN4O3S/c21-16-3-1-14(2-4-16)20(27)25-10-8-24(9-11-25)18(26)6-5-17-22-19(23-28-17)15-7-12-29-13-15/h1-4,7,12-13H,5-6,8-11H2. The molecule has 0 spiro atoms. The van der Waals surface area contributed by atoms with Gasteiger partial charge >= 0.3 is 0 Å². The number of hydrogen-bond donors (Lipinski definition) is 0. The van der Waals surface area contributed by atoms with Crippen molar-refractivity contribution < 1.29 is 14.1 Å². The molecular weight excluding hydrogens is 412 g/mol.